The third-order valence-corrected chi connectivity index (χ3v) is 4.29. The summed E-state index contributed by atoms with van der Waals surface area (Å²) in [7, 11) is -4.07. The number of hydrogen-bond donors (Lipinski definition) is 2. The highest BCUT2D eigenvalue weighted by molar-refractivity contribution is 7.85. The number of amides is 1. The number of esters is 1. The molecule has 0 aliphatic heterocycles. The molecule has 0 aromatic carbocycles. The van der Waals surface area contributed by atoms with Crippen LogP contribution in [0, 0.1) is 5.41 Å². The zero-order valence-electron chi connectivity index (χ0n) is 15.5. The smallest absolute Gasteiger partial charge is 0.410 e. The first kappa shape index (κ1) is 23.9. The maximum absolute atomic E-state index is 12.3. The summed E-state index contributed by atoms with van der Waals surface area (Å²) in [6, 6.07) is 0. The van der Waals surface area contributed by atoms with Crippen molar-refractivity contribution in [1.29, 1.82) is 0 Å². The first-order valence-electron chi connectivity index (χ1n) is 7.97. The topological polar surface area (TPSA) is 119 Å². The number of rotatable bonds is 10. The average molecular weight is 389 g/mol. The highest BCUT2D eigenvalue weighted by atomic mass is 32.2. The minimum Gasteiger partial charge on any atom is -0.425 e. The van der Waals surface area contributed by atoms with Crippen LogP contribution in [0.4, 0.5) is 4.79 Å². The van der Waals surface area contributed by atoms with E-state index in [0.717, 1.165) is 5.57 Å². The Morgan fingerprint density at radius 1 is 1.27 bits per heavy atom. The van der Waals surface area contributed by atoms with Crippen LogP contribution in [0.5, 0.6) is 0 Å². The maximum Gasteiger partial charge on any atom is 0.410 e. The van der Waals surface area contributed by atoms with Gasteiger partial charge in [-0.15, -0.1) is 0 Å². The second kappa shape index (κ2) is 10.8. The van der Waals surface area contributed by atoms with Gasteiger partial charge < -0.3 is 14.8 Å². The van der Waals surface area contributed by atoms with Crippen molar-refractivity contribution < 1.29 is 32.0 Å². The van der Waals surface area contributed by atoms with Crippen LogP contribution in [0.3, 0.4) is 0 Å². The standard InChI is InChI=1S/C17H27NO7S/c1-6-7-8-10-13(2)17(4,5)15(19)24-14(3)25-16(20)18-11-9-12-26(21,22)23/h6-8,10,14H,1,9,11-12H2,2-5H3,(H,18,20)(H,21,22,23)/b8-7-,13-10+. The Kier molecular flexibility index (Phi) is 9.89. The van der Waals surface area contributed by atoms with E-state index in [4.69, 9.17) is 14.0 Å². The lowest BCUT2D eigenvalue weighted by Gasteiger charge is -2.25. The largest absolute Gasteiger partial charge is 0.425 e. The van der Waals surface area contributed by atoms with Gasteiger partial charge in [-0.25, -0.2) is 4.79 Å². The normalized spacial score (nSPS) is 14.0. The summed E-state index contributed by atoms with van der Waals surface area (Å²) in [4.78, 5) is 23.8. The van der Waals surface area contributed by atoms with Gasteiger partial charge in [0.05, 0.1) is 11.2 Å². The third kappa shape index (κ3) is 10.00. The van der Waals surface area contributed by atoms with Gasteiger partial charge in [0.15, 0.2) is 0 Å². The molecule has 26 heavy (non-hydrogen) atoms. The van der Waals surface area contributed by atoms with Crippen LogP contribution in [-0.4, -0.2) is 43.6 Å². The van der Waals surface area contributed by atoms with Gasteiger partial charge in [-0.1, -0.05) is 36.5 Å². The van der Waals surface area contributed by atoms with Crippen LogP contribution in [0.1, 0.15) is 34.1 Å². The molecule has 0 fully saturated rings. The van der Waals surface area contributed by atoms with Crippen LogP contribution < -0.4 is 5.32 Å². The molecular formula is C17H27NO7S. The number of hydrogen-bond acceptors (Lipinski definition) is 6. The Balaban J connectivity index is 4.48. The van der Waals surface area contributed by atoms with E-state index in [1.54, 1.807) is 45.1 Å². The Morgan fingerprint density at radius 2 is 1.88 bits per heavy atom. The van der Waals surface area contributed by atoms with E-state index in [2.05, 4.69) is 11.9 Å². The molecule has 0 radical (unpaired) electrons. The first-order chi connectivity index (χ1) is 11.9. The number of carbonyl (C=O) groups excluding carboxylic acids is 2. The molecule has 0 aliphatic rings. The molecule has 0 heterocycles. The maximum atomic E-state index is 12.3. The molecule has 0 rings (SSSR count). The fourth-order valence-corrected chi connectivity index (χ4v) is 2.12. The molecule has 0 bridgehead atoms. The minimum atomic E-state index is -4.07. The summed E-state index contributed by atoms with van der Waals surface area (Å²) in [5.74, 6) is -1.04. The van der Waals surface area contributed by atoms with Gasteiger partial charge in [0.25, 0.3) is 10.1 Å². The van der Waals surface area contributed by atoms with E-state index in [9.17, 15) is 18.0 Å². The molecule has 2 N–H and O–H groups in total. The fourth-order valence-electron chi connectivity index (χ4n) is 1.61. The second-order valence-electron chi connectivity index (χ2n) is 6.04. The van der Waals surface area contributed by atoms with E-state index in [1.165, 1.54) is 6.92 Å². The Bertz CT molecular complexity index is 663. The number of allylic oxidation sites excluding steroid dienone is 4. The predicted molar refractivity (Wildman–Crippen MR) is 97.9 cm³/mol. The van der Waals surface area contributed by atoms with Gasteiger partial charge >= 0.3 is 12.1 Å². The van der Waals surface area contributed by atoms with Crippen molar-refractivity contribution in [2.24, 2.45) is 5.41 Å². The highest BCUT2D eigenvalue weighted by Crippen LogP contribution is 2.28. The van der Waals surface area contributed by atoms with Crippen LogP contribution in [0.2, 0.25) is 0 Å². The molecule has 0 saturated heterocycles. The molecule has 1 atom stereocenters. The van der Waals surface area contributed by atoms with Crippen molar-refractivity contribution in [3.63, 3.8) is 0 Å². The molecular weight excluding hydrogens is 362 g/mol. The molecule has 9 heteroatoms. The SMILES string of the molecule is C=C/C=C\C=C(/C)C(C)(C)C(=O)OC(C)OC(=O)NCCCS(=O)(=O)O. The summed E-state index contributed by atoms with van der Waals surface area (Å²) in [5, 5.41) is 2.30. The van der Waals surface area contributed by atoms with Gasteiger partial charge in [0.2, 0.25) is 6.29 Å². The van der Waals surface area contributed by atoms with Gasteiger partial charge in [0.1, 0.15) is 0 Å². The van der Waals surface area contributed by atoms with Crippen LogP contribution >= 0.6 is 0 Å². The predicted octanol–water partition coefficient (Wildman–Crippen LogP) is 2.59. The Hall–Kier alpha value is -2.13. The van der Waals surface area contributed by atoms with Crippen molar-refractivity contribution in [1.82, 2.24) is 5.32 Å². The van der Waals surface area contributed by atoms with Crippen molar-refractivity contribution in [2.75, 3.05) is 12.3 Å². The van der Waals surface area contributed by atoms with E-state index >= 15 is 0 Å². The average Bonchev–Trinajstić information content (AvgIpc) is 2.50. The van der Waals surface area contributed by atoms with Gasteiger partial charge in [-0.3, -0.25) is 9.35 Å². The zero-order chi connectivity index (χ0) is 20.4. The molecule has 0 spiro atoms. The van der Waals surface area contributed by atoms with E-state index in [-0.39, 0.29) is 13.0 Å². The number of carbonyl (C=O) groups is 2. The Labute approximate surface area is 154 Å². The molecule has 1 unspecified atom stereocenters. The zero-order valence-corrected chi connectivity index (χ0v) is 16.3. The van der Waals surface area contributed by atoms with Gasteiger partial charge in [0, 0.05) is 13.5 Å². The van der Waals surface area contributed by atoms with Crippen LogP contribution in [-0.2, 0) is 24.4 Å². The minimum absolute atomic E-state index is 0.0116. The fraction of sp³-hybridized carbons (Fsp3) is 0.529. The number of nitrogens with one attached hydrogen (secondary N) is 1. The lowest BCUT2D eigenvalue weighted by molar-refractivity contribution is -0.173. The van der Waals surface area contributed by atoms with E-state index in [1.807, 2.05) is 0 Å². The molecule has 0 aromatic heterocycles. The summed E-state index contributed by atoms with van der Waals surface area (Å²) in [6.07, 6.45) is 4.88. The summed E-state index contributed by atoms with van der Waals surface area (Å²) in [6.45, 7) is 10.1. The molecule has 0 aromatic rings. The molecule has 1 amide bonds. The van der Waals surface area contributed by atoms with Crippen molar-refractivity contribution in [3.05, 3.63) is 36.5 Å². The molecule has 8 nitrogen and oxygen atoms in total. The van der Waals surface area contributed by atoms with Gasteiger partial charge in [-0.05, 0) is 27.2 Å². The Morgan fingerprint density at radius 3 is 2.42 bits per heavy atom. The van der Waals surface area contributed by atoms with Crippen molar-refractivity contribution >= 4 is 22.2 Å². The van der Waals surface area contributed by atoms with Gasteiger partial charge in [-0.2, -0.15) is 8.42 Å². The lowest BCUT2D eigenvalue weighted by Crippen LogP contribution is -2.35. The summed E-state index contributed by atoms with van der Waals surface area (Å²) < 4.78 is 39.7. The summed E-state index contributed by atoms with van der Waals surface area (Å²) in [5.41, 5.74) is -0.169. The monoisotopic (exact) mass is 389 g/mol. The van der Waals surface area contributed by atoms with E-state index in [0.29, 0.717) is 0 Å². The molecule has 0 saturated carbocycles. The van der Waals surface area contributed by atoms with Crippen LogP contribution in [0.25, 0.3) is 0 Å². The first-order valence-corrected chi connectivity index (χ1v) is 9.58. The number of ether oxygens (including phenoxy) is 2. The highest BCUT2D eigenvalue weighted by Gasteiger charge is 2.32. The van der Waals surface area contributed by atoms with Crippen LogP contribution in [0.15, 0.2) is 36.5 Å². The molecule has 0 aliphatic carbocycles. The summed E-state index contributed by atoms with van der Waals surface area (Å²) >= 11 is 0. The van der Waals surface area contributed by atoms with Crippen molar-refractivity contribution in [2.45, 2.75) is 40.4 Å². The third-order valence-electron chi connectivity index (χ3n) is 3.48. The van der Waals surface area contributed by atoms with E-state index < -0.39 is 39.6 Å². The quantitative estimate of drug-likeness (QED) is 0.194. The molecule has 148 valence electrons. The second-order valence-corrected chi connectivity index (χ2v) is 7.61. The lowest BCUT2D eigenvalue weighted by atomic mass is 9.85. The number of alkyl carbamates (subject to hydrolysis) is 1. The van der Waals surface area contributed by atoms with Crippen molar-refractivity contribution in [3.8, 4) is 0 Å².